The Morgan fingerprint density at radius 1 is 0.360 bits per heavy atom. The molecule has 0 N–H and O–H groups in total. The average molecular weight is 641 g/mol. The number of anilines is 3. The number of rotatable bonds is 7. The van der Waals surface area contributed by atoms with Gasteiger partial charge in [0.1, 0.15) is 5.52 Å². The van der Waals surface area contributed by atoms with E-state index in [2.05, 4.69) is 187 Å². The topological polar surface area (TPSA) is 29.3 Å². The Balaban J connectivity index is 1.10. The van der Waals surface area contributed by atoms with Crippen molar-refractivity contribution in [2.45, 2.75) is 0 Å². The maximum absolute atomic E-state index is 6.49. The second-order valence-corrected chi connectivity index (χ2v) is 12.4. The minimum absolute atomic E-state index is 0.623. The number of oxazole rings is 1. The standard InChI is InChI=1S/C47H32N2O/c1-3-11-33(12-4-1)36-23-27-41(28-24-36)49(43-18-9-17-39(32-43)34-13-5-2-6-14-34)42-29-25-37(26-30-42)44-19-10-20-45-46(44)50-47(48-45)40-22-21-35-15-7-8-16-38(35)31-40/h1-32H. The molecule has 8 aromatic carbocycles. The maximum atomic E-state index is 6.49. The molecule has 1 heterocycles. The van der Waals surface area contributed by atoms with Crippen molar-refractivity contribution in [3.8, 4) is 44.8 Å². The van der Waals surface area contributed by atoms with E-state index in [0.717, 1.165) is 50.2 Å². The van der Waals surface area contributed by atoms with Gasteiger partial charge in [0.15, 0.2) is 5.58 Å². The van der Waals surface area contributed by atoms with Gasteiger partial charge in [-0.25, -0.2) is 4.98 Å². The van der Waals surface area contributed by atoms with Crippen LogP contribution in [0.5, 0.6) is 0 Å². The molecule has 0 radical (unpaired) electrons. The molecule has 236 valence electrons. The molecule has 0 bridgehead atoms. The summed E-state index contributed by atoms with van der Waals surface area (Å²) in [4.78, 5) is 7.21. The van der Waals surface area contributed by atoms with Crippen molar-refractivity contribution in [2.75, 3.05) is 4.90 Å². The summed E-state index contributed by atoms with van der Waals surface area (Å²) in [7, 11) is 0. The van der Waals surface area contributed by atoms with E-state index in [1.165, 1.54) is 27.6 Å². The highest BCUT2D eigenvalue weighted by Gasteiger charge is 2.17. The first-order valence-electron chi connectivity index (χ1n) is 16.9. The van der Waals surface area contributed by atoms with Gasteiger partial charge in [0.25, 0.3) is 0 Å². The Bertz CT molecular complexity index is 2570. The van der Waals surface area contributed by atoms with Crippen LogP contribution in [0.2, 0.25) is 0 Å². The first-order valence-corrected chi connectivity index (χ1v) is 16.9. The molecule has 1 aromatic heterocycles. The molecule has 0 spiro atoms. The van der Waals surface area contributed by atoms with Gasteiger partial charge in [0.05, 0.1) is 0 Å². The molecule has 0 atom stereocenters. The lowest BCUT2D eigenvalue weighted by molar-refractivity contribution is 0.621. The Morgan fingerprint density at radius 3 is 1.64 bits per heavy atom. The van der Waals surface area contributed by atoms with Crippen molar-refractivity contribution < 1.29 is 4.42 Å². The first kappa shape index (κ1) is 29.4. The van der Waals surface area contributed by atoms with Crippen molar-refractivity contribution in [3.63, 3.8) is 0 Å². The van der Waals surface area contributed by atoms with Crippen molar-refractivity contribution >= 4 is 38.9 Å². The van der Waals surface area contributed by atoms with Crippen LogP contribution in [0.1, 0.15) is 0 Å². The Labute approximate surface area is 291 Å². The van der Waals surface area contributed by atoms with E-state index in [1.807, 2.05) is 12.1 Å². The molecule has 3 nitrogen and oxygen atoms in total. The van der Waals surface area contributed by atoms with Crippen LogP contribution in [0.25, 0.3) is 66.7 Å². The molecule has 0 aliphatic rings. The third-order valence-corrected chi connectivity index (χ3v) is 9.29. The van der Waals surface area contributed by atoms with Gasteiger partial charge in [-0.15, -0.1) is 0 Å². The summed E-state index contributed by atoms with van der Waals surface area (Å²) in [6, 6.07) is 68.2. The summed E-state index contributed by atoms with van der Waals surface area (Å²) in [5, 5.41) is 2.36. The molecule has 0 aliphatic carbocycles. The van der Waals surface area contributed by atoms with Gasteiger partial charge in [-0.05, 0) is 93.2 Å². The van der Waals surface area contributed by atoms with Crippen LogP contribution < -0.4 is 4.90 Å². The zero-order valence-electron chi connectivity index (χ0n) is 27.3. The van der Waals surface area contributed by atoms with Gasteiger partial charge in [-0.3, -0.25) is 0 Å². The van der Waals surface area contributed by atoms with Crippen LogP contribution in [-0.2, 0) is 0 Å². The van der Waals surface area contributed by atoms with Crippen LogP contribution in [0.4, 0.5) is 17.1 Å². The van der Waals surface area contributed by atoms with Crippen molar-refractivity contribution in [3.05, 3.63) is 194 Å². The van der Waals surface area contributed by atoms with Gasteiger partial charge in [-0.2, -0.15) is 0 Å². The summed E-state index contributed by atoms with van der Waals surface area (Å²) in [6.07, 6.45) is 0. The zero-order chi connectivity index (χ0) is 33.3. The van der Waals surface area contributed by atoms with E-state index in [4.69, 9.17) is 9.40 Å². The Kier molecular flexibility index (Phi) is 7.49. The third kappa shape index (κ3) is 5.61. The van der Waals surface area contributed by atoms with Crippen LogP contribution in [0.15, 0.2) is 199 Å². The number of hydrogen-bond donors (Lipinski definition) is 0. The SMILES string of the molecule is c1ccc(-c2ccc(N(c3ccc(-c4cccc5nc(-c6ccc7ccccc7c6)oc45)cc3)c3cccc(-c4ccccc4)c3)cc2)cc1. The Morgan fingerprint density at radius 2 is 0.920 bits per heavy atom. The fraction of sp³-hybridized carbons (Fsp3) is 0. The fourth-order valence-electron chi connectivity index (χ4n) is 6.75. The molecule has 9 rings (SSSR count). The lowest BCUT2D eigenvalue weighted by Crippen LogP contribution is -2.10. The van der Waals surface area contributed by atoms with Crippen LogP contribution in [-0.4, -0.2) is 4.98 Å². The molecule has 0 unspecified atom stereocenters. The molecular weight excluding hydrogens is 609 g/mol. The van der Waals surface area contributed by atoms with E-state index >= 15 is 0 Å². The summed E-state index contributed by atoms with van der Waals surface area (Å²) in [5.74, 6) is 0.623. The van der Waals surface area contributed by atoms with Gasteiger partial charge in [0, 0.05) is 28.2 Å². The zero-order valence-corrected chi connectivity index (χ0v) is 27.3. The number of nitrogens with zero attached hydrogens (tertiary/aromatic N) is 2. The normalized spacial score (nSPS) is 11.2. The smallest absolute Gasteiger partial charge is 0.227 e. The van der Waals surface area contributed by atoms with Crippen molar-refractivity contribution in [1.29, 1.82) is 0 Å². The number of para-hydroxylation sites is 1. The second-order valence-electron chi connectivity index (χ2n) is 12.4. The maximum Gasteiger partial charge on any atom is 0.227 e. The lowest BCUT2D eigenvalue weighted by atomic mass is 10.0. The predicted molar refractivity (Wildman–Crippen MR) is 208 cm³/mol. The van der Waals surface area contributed by atoms with Crippen LogP contribution >= 0.6 is 0 Å². The van der Waals surface area contributed by atoms with Crippen LogP contribution in [0, 0.1) is 0 Å². The largest absolute Gasteiger partial charge is 0.435 e. The van der Waals surface area contributed by atoms with E-state index in [9.17, 15) is 0 Å². The fourth-order valence-corrected chi connectivity index (χ4v) is 6.75. The molecule has 9 aromatic rings. The minimum atomic E-state index is 0.623. The van der Waals surface area contributed by atoms with Crippen molar-refractivity contribution in [1.82, 2.24) is 4.98 Å². The molecular formula is C47H32N2O. The second kappa shape index (κ2) is 12.7. The molecule has 0 amide bonds. The predicted octanol–water partition coefficient (Wildman–Crippen LogP) is 13.1. The van der Waals surface area contributed by atoms with Gasteiger partial charge >= 0.3 is 0 Å². The molecule has 0 saturated heterocycles. The van der Waals surface area contributed by atoms with Crippen LogP contribution in [0.3, 0.4) is 0 Å². The third-order valence-electron chi connectivity index (χ3n) is 9.29. The van der Waals surface area contributed by atoms with Gasteiger partial charge < -0.3 is 9.32 Å². The van der Waals surface area contributed by atoms with Gasteiger partial charge in [0.2, 0.25) is 5.89 Å². The van der Waals surface area contributed by atoms with Gasteiger partial charge in [-0.1, -0.05) is 140 Å². The van der Waals surface area contributed by atoms with Crippen molar-refractivity contribution in [2.24, 2.45) is 0 Å². The monoisotopic (exact) mass is 640 g/mol. The highest BCUT2D eigenvalue weighted by Crippen LogP contribution is 2.39. The lowest BCUT2D eigenvalue weighted by Gasteiger charge is -2.26. The Hall–Kier alpha value is -6.71. The number of benzene rings is 8. The average Bonchev–Trinajstić information content (AvgIpc) is 3.64. The number of fused-ring (bicyclic) bond motifs is 2. The molecule has 0 saturated carbocycles. The summed E-state index contributed by atoms with van der Waals surface area (Å²) < 4.78 is 6.49. The summed E-state index contributed by atoms with van der Waals surface area (Å²) in [5.41, 5.74) is 12.6. The summed E-state index contributed by atoms with van der Waals surface area (Å²) >= 11 is 0. The minimum Gasteiger partial charge on any atom is -0.435 e. The molecule has 50 heavy (non-hydrogen) atoms. The first-order chi connectivity index (χ1) is 24.8. The molecule has 0 aliphatic heterocycles. The van der Waals surface area contributed by atoms with E-state index in [0.29, 0.717) is 5.89 Å². The highest BCUT2D eigenvalue weighted by molar-refractivity contribution is 5.93. The quantitative estimate of drug-likeness (QED) is 0.174. The number of aromatic nitrogens is 1. The molecule has 3 heteroatoms. The van der Waals surface area contributed by atoms with E-state index in [1.54, 1.807) is 0 Å². The summed E-state index contributed by atoms with van der Waals surface area (Å²) in [6.45, 7) is 0. The highest BCUT2D eigenvalue weighted by atomic mass is 16.3. The van der Waals surface area contributed by atoms with E-state index in [-0.39, 0.29) is 0 Å². The van der Waals surface area contributed by atoms with E-state index < -0.39 is 0 Å². The number of hydrogen-bond acceptors (Lipinski definition) is 3. The molecule has 0 fully saturated rings.